The Morgan fingerprint density at radius 2 is 2.47 bits per heavy atom. The smallest absolute Gasteiger partial charge is 0.234 e. The molecule has 1 aromatic rings. The number of thiazole rings is 1. The van der Waals surface area contributed by atoms with Gasteiger partial charge in [0.25, 0.3) is 0 Å². The van der Waals surface area contributed by atoms with Gasteiger partial charge in [-0.05, 0) is 13.5 Å². The van der Waals surface area contributed by atoms with Gasteiger partial charge in [0, 0.05) is 24.5 Å². The lowest BCUT2D eigenvalue weighted by Gasteiger charge is -2.24. The van der Waals surface area contributed by atoms with Gasteiger partial charge >= 0.3 is 0 Å². The van der Waals surface area contributed by atoms with Crippen molar-refractivity contribution in [2.45, 2.75) is 26.3 Å². The fourth-order valence-electron chi connectivity index (χ4n) is 1.42. The molecule has 1 unspecified atom stereocenters. The summed E-state index contributed by atoms with van der Waals surface area (Å²) in [5.41, 5.74) is 5.27. The Bertz CT molecular complexity index is 300. The van der Waals surface area contributed by atoms with Crippen molar-refractivity contribution >= 4 is 17.2 Å². The van der Waals surface area contributed by atoms with Crippen LogP contribution in [0.1, 0.15) is 18.9 Å². The lowest BCUT2D eigenvalue weighted by molar-refractivity contribution is -0.122. The molecule has 0 aliphatic carbocycles. The standard InChI is InChI=1S/C10H17N3OS/c1-3-13(8(2)10(11)14)6-4-9-12-5-7-15-9/h5,7-8H,3-4,6H2,1-2H3,(H2,11,14). The molecule has 4 nitrogen and oxygen atoms in total. The number of hydrogen-bond donors (Lipinski definition) is 1. The van der Waals surface area contributed by atoms with Gasteiger partial charge in [-0.15, -0.1) is 11.3 Å². The Morgan fingerprint density at radius 1 is 1.73 bits per heavy atom. The third-order valence-electron chi connectivity index (χ3n) is 2.46. The van der Waals surface area contributed by atoms with Crippen LogP contribution < -0.4 is 5.73 Å². The quantitative estimate of drug-likeness (QED) is 0.785. The summed E-state index contributed by atoms with van der Waals surface area (Å²) in [5, 5.41) is 3.06. The van der Waals surface area contributed by atoms with Gasteiger partial charge in [-0.3, -0.25) is 9.69 Å². The highest BCUT2D eigenvalue weighted by atomic mass is 32.1. The molecule has 1 atom stereocenters. The monoisotopic (exact) mass is 227 g/mol. The fourth-order valence-corrected chi connectivity index (χ4v) is 2.03. The van der Waals surface area contributed by atoms with E-state index in [1.54, 1.807) is 17.5 Å². The van der Waals surface area contributed by atoms with E-state index in [-0.39, 0.29) is 11.9 Å². The molecule has 0 spiro atoms. The third-order valence-corrected chi connectivity index (χ3v) is 3.30. The first kappa shape index (κ1) is 12.1. The van der Waals surface area contributed by atoms with E-state index in [1.165, 1.54) is 0 Å². The summed E-state index contributed by atoms with van der Waals surface area (Å²) in [6.07, 6.45) is 2.68. The zero-order valence-corrected chi connectivity index (χ0v) is 9.96. The molecule has 0 saturated heterocycles. The molecule has 1 rings (SSSR count). The zero-order valence-electron chi connectivity index (χ0n) is 9.14. The van der Waals surface area contributed by atoms with Crippen molar-refractivity contribution in [2.24, 2.45) is 5.73 Å². The Morgan fingerprint density at radius 3 is 2.93 bits per heavy atom. The molecule has 0 fully saturated rings. The lowest BCUT2D eigenvalue weighted by atomic mass is 10.2. The first-order chi connectivity index (χ1) is 7.15. The maximum atomic E-state index is 11.0. The molecule has 0 saturated carbocycles. The summed E-state index contributed by atoms with van der Waals surface area (Å²) in [5.74, 6) is -0.268. The van der Waals surface area contributed by atoms with Crippen LogP contribution in [-0.4, -0.2) is 34.9 Å². The van der Waals surface area contributed by atoms with Crippen LogP contribution in [0.3, 0.4) is 0 Å². The van der Waals surface area contributed by atoms with Gasteiger partial charge in [0.1, 0.15) is 0 Å². The van der Waals surface area contributed by atoms with E-state index in [2.05, 4.69) is 9.88 Å². The molecule has 1 amide bonds. The van der Waals surface area contributed by atoms with E-state index >= 15 is 0 Å². The van der Waals surface area contributed by atoms with E-state index in [1.807, 2.05) is 19.2 Å². The minimum absolute atomic E-state index is 0.199. The van der Waals surface area contributed by atoms with Crippen molar-refractivity contribution in [1.29, 1.82) is 0 Å². The normalized spacial score (nSPS) is 13.0. The molecule has 0 aliphatic rings. The molecular weight excluding hydrogens is 210 g/mol. The Balaban J connectivity index is 2.44. The van der Waals surface area contributed by atoms with Gasteiger partial charge in [-0.2, -0.15) is 0 Å². The second-order valence-electron chi connectivity index (χ2n) is 3.38. The van der Waals surface area contributed by atoms with Crippen LogP contribution in [0.2, 0.25) is 0 Å². The topological polar surface area (TPSA) is 59.2 Å². The minimum Gasteiger partial charge on any atom is -0.368 e. The predicted octanol–water partition coefficient (Wildman–Crippen LogP) is 0.881. The molecule has 84 valence electrons. The molecule has 15 heavy (non-hydrogen) atoms. The second-order valence-corrected chi connectivity index (χ2v) is 4.36. The van der Waals surface area contributed by atoms with Crippen molar-refractivity contribution in [3.63, 3.8) is 0 Å². The van der Waals surface area contributed by atoms with Crippen molar-refractivity contribution in [3.8, 4) is 0 Å². The van der Waals surface area contributed by atoms with Gasteiger partial charge in [-0.25, -0.2) is 4.98 Å². The number of carbonyl (C=O) groups excluding carboxylic acids is 1. The number of hydrogen-bond acceptors (Lipinski definition) is 4. The minimum atomic E-state index is -0.268. The summed E-state index contributed by atoms with van der Waals surface area (Å²) in [4.78, 5) is 17.3. The summed E-state index contributed by atoms with van der Waals surface area (Å²) in [6.45, 7) is 5.53. The van der Waals surface area contributed by atoms with Crippen LogP contribution >= 0.6 is 11.3 Å². The largest absolute Gasteiger partial charge is 0.368 e. The molecular formula is C10H17N3OS. The van der Waals surface area contributed by atoms with Gasteiger partial charge < -0.3 is 5.73 Å². The van der Waals surface area contributed by atoms with Crippen molar-refractivity contribution < 1.29 is 4.79 Å². The molecule has 1 heterocycles. The van der Waals surface area contributed by atoms with E-state index in [4.69, 9.17) is 5.73 Å². The first-order valence-corrected chi connectivity index (χ1v) is 5.94. The first-order valence-electron chi connectivity index (χ1n) is 5.07. The molecule has 0 radical (unpaired) electrons. The number of likely N-dealkylation sites (N-methyl/N-ethyl adjacent to an activating group) is 1. The summed E-state index contributed by atoms with van der Waals surface area (Å²) in [7, 11) is 0. The highest BCUT2D eigenvalue weighted by Crippen LogP contribution is 2.07. The number of rotatable bonds is 6. The van der Waals surface area contributed by atoms with E-state index in [9.17, 15) is 4.79 Å². The lowest BCUT2D eigenvalue weighted by Crippen LogP contribution is -2.43. The highest BCUT2D eigenvalue weighted by Gasteiger charge is 2.16. The van der Waals surface area contributed by atoms with E-state index in [0.717, 1.165) is 24.5 Å². The Labute approximate surface area is 94.1 Å². The van der Waals surface area contributed by atoms with Gasteiger partial charge in [0.05, 0.1) is 11.0 Å². The van der Waals surface area contributed by atoms with Crippen LogP contribution in [0.15, 0.2) is 11.6 Å². The Hall–Kier alpha value is -0.940. The number of aromatic nitrogens is 1. The number of carbonyl (C=O) groups is 1. The molecule has 5 heteroatoms. The number of primary amides is 1. The SMILES string of the molecule is CCN(CCc1nccs1)C(C)C(N)=O. The van der Waals surface area contributed by atoms with Crippen molar-refractivity contribution in [3.05, 3.63) is 16.6 Å². The second kappa shape index (κ2) is 5.82. The number of nitrogens with two attached hydrogens (primary N) is 1. The van der Waals surface area contributed by atoms with Crippen LogP contribution in [0.25, 0.3) is 0 Å². The molecule has 0 bridgehead atoms. The Kier molecular flexibility index (Phi) is 4.71. The molecule has 0 aromatic carbocycles. The highest BCUT2D eigenvalue weighted by molar-refractivity contribution is 7.09. The maximum absolute atomic E-state index is 11.0. The maximum Gasteiger partial charge on any atom is 0.234 e. The predicted molar refractivity (Wildman–Crippen MR) is 61.7 cm³/mol. The summed E-state index contributed by atoms with van der Waals surface area (Å²) in [6, 6.07) is -0.199. The van der Waals surface area contributed by atoms with Crippen molar-refractivity contribution in [1.82, 2.24) is 9.88 Å². The van der Waals surface area contributed by atoms with Gasteiger partial charge in [-0.1, -0.05) is 6.92 Å². The van der Waals surface area contributed by atoms with E-state index in [0.29, 0.717) is 0 Å². The molecule has 0 aliphatic heterocycles. The third kappa shape index (κ3) is 3.60. The average Bonchev–Trinajstić information content (AvgIpc) is 2.71. The van der Waals surface area contributed by atoms with Crippen LogP contribution in [0.4, 0.5) is 0 Å². The number of nitrogens with zero attached hydrogens (tertiary/aromatic N) is 2. The van der Waals surface area contributed by atoms with Crippen LogP contribution in [-0.2, 0) is 11.2 Å². The van der Waals surface area contributed by atoms with Gasteiger partial charge in [0.2, 0.25) is 5.91 Å². The summed E-state index contributed by atoms with van der Waals surface area (Å²) >= 11 is 1.64. The van der Waals surface area contributed by atoms with E-state index < -0.39 is 0 Å². The average molecular weight is 227 g/mol. The van der Waals surface area contributed by atoms with Gasteiger partial charge in [0.15, 0.2) is 0 Å². The molecule has 1 aromatic heterocycles. The van der Waals surface area contributed by atoms with Crippen LogP contribution in [0.5, 0.6) is 0 Å². The number of amides is 1. The summed E-state index contributed by atoms with van der Waals surface area (Å²) < 4.78 is 0. The van der Waals surface area contributed by atoms with Crippen LogP contribution in [0, 0.1) is 0 Å². The molecule has 2 N–H and O–H groups in total. The fraction of sp³-hybridized carbons (Fsp3) is 0.600. The zero-order chi connectivity index (χ0) is 11.3. The van der Waals surface area contributed by atoms with Crippen molar-refractivity contribution in [2.75, 3.05) is 13.1 Å².